The smallest absolute Gasteiger partial charge is 0.390 e. The van der Waals surface area contributed by atoms with E-state index in [2.05, 4.69) is 4.52 Å². The molecule has 1 aliphatic heterocycles. The van der Waals surface area contributed by atoms with Gasteiger partial charge in [-0.3, -0.25) is 28.6 Å². The third-order valence-corrected chi connectivity index (χ3v) is 4.11. The van der Waals surface area contributed by atoms with Gasteiger partial charge in [-0.1, -0.05) is 0 Å². The minimum Gasteiger partial charge on any atom is -0.390 e. The molecule has 0 saturated carbocycles. The first-order valence-electron chi connectivity index (χ1n) is 7.89. The molecule has 14 nitrogen and oxygen atoms in total. The molecule has 0 aliphatic carbocycles. The van der Waals surface area contributed by atoms with Gasteiger partial charge in [-0.2, -0.15) is 8.78 Å². The number of ether oxygens (including phenoxy) is 1. The van der Waals surface area contributed by atoms with Crippen LogP contribution in [0.2, 0.25) is 0 Å². The van der Waals surface area contributed by atoms with Gasteiger partial charge in [0.2, 0.25) is 11.6 Å². The highest BCUT2D eigenvalue weighted by Gasteiger charge is 2.37. The Morgan fingerprint density at radius 1 is 1.17 bits per heavy atom. The standard InChI is InChI=1S/C9H12FN2O8P.C4H3FN2O2/c10-4-2-12(9(15)11-8(4)14)7-1-5(13)6(20-7)3-19-21(16,17)18;5-2-1-6-4(9)7-3(2)8/h2,5-7,13H,1,3H2,(H,11,14,15)(H2,16,17,18);1H,(H2,6,7,8,9)/t5-,6+,7+;/m0./s1. The highest BCUT2D eigenvalue weighted by atomic mass is 31.2. The van der Waals surface area contributed by atoms with Crippen molar-refractivity contribution in [1.82, 2.24) is 19.5 Å². The molecule has 2 aromatic heterocycles. The Morgan fingerprint density at radius 3 is 2.37 bits per heavy atom. The van der Waals surface area contributed by atoms with Crippen LogP contribution in [0.25, 0.3) is 0 Å². The third-order valence-electron chi connectivity index (χ3n) is 3.62. The third kappa shape index (κ3) is 6.38. The average molecular weight is 456 g/mol. The second-order valence-corrected chi connectivity index (χ2v) is 7.02. The molecule has 3 rings (SSSR count). The summed E-state index contributed by atoms with van der Waals surface area (Å²) in [6.07, 6.45) is -2.18. The number of hydrogen-bond donors (Lipinski definition) is 6. The molecule has 0 unspecified atom stereocenters. The number of aliphatic hydroxyl groups excluding tert-OH is 1. The minimum absolute atomic E-state index is 0.138. The largest absolute Gasteiger partial charge is 0.469 e. The number of aromatic amines is 3. The van der Waals surface area contributed by atoms with Crippen molar-refractivity contribution in [3.8, 4) is 0 Å². The number of phosphoric ester groups is 1. The van der Waals surface area contributed by atoms with Gasteiger partial charge in [-0.05, 0) is 0 Å². The number of nitrogens with zero attached hydrogens (tertiary/aromatic N) is 1. The van der Waals surface area contributed by atoms with Gasteiger partial charge in [0.1, 0.15) is 12.3 Å². The molecule has 0 amide bonds. The van der Waals surface area contributed by atoms with E-state index in [-0.39, 0.29) is 6.42 Å². The molecule has 3 atom stereocenters. The summed E-state index contributed by atoms with van der Waals surface area (Å²) in [6, 6.07) is 0. The van der Waals surface area contributed by atoms with Crippen molar-refractivity contribution < 1.29 is 37.5 Å². The maximum Gasteiger partial charge on any atom is 0.469 e. The Bertz CT molecular complexity index is 1170. The lowest BCUT2D eigenvalue weighted by Crippen LogP contribution is -2.34. The van der Waals surface area contributed by atoms with E-state index in [4.69, 9.17) is 14.5 Å². The molecule has 17 heteroatoms. The fourth-order valence-corrected chi connectivity index (χ4v) is 2.62. The Morgan fingerprint density at radius 2 is 1.80 bits per heavy atom. The molecular weight excluding hydrogens is 441 g/mol. The van der Waals surface area contributed by atoms with Gasteiger partial charge in [0.25, 0.3) is 11.1 Å². The number of nitrogens with one attached hydrogen (secondary N) is 3. The summed E-state index contributed by atoms with van der Waals surface area (Å²) in [5.74, 6) is -2.20. The summed E-state index contributed by atoms with van der Waals surface area (Å²) in [6.45, 7) is -0.609. The Kier molecular flexibility index (Phi) is 7.35. The molecule has 0 bridgehead atoms. The lowest BCUT2D eigenvalue weighted by Gasteiger charge is -2.16. The summed E-state index contributed by atoms with van der Waals surface area (Å²) in [7, 11) is -4.73. The number of halogens is 2. The van der Waals surface area contributed by atoms with Crippen molar-refractivity contribution in [2.45, 2.75) is 24.9 Å². The van der Waals surface area contributed by atoms with Crippen molar-refractivity contribution in [2.24, 2.45) is 0 Å². The van der Waals surface area contributed by atoms with Crippen molar-refractivity contribution in [2.75, 3.05) is 6.61 Å². The van der Waals surface area contributed by atoms with Gasteiger partial charge in [-0.25, -0.2) is 14.2 Å². The number of hydrogen-bond acceptors (Lipinski definition) is 8. The van der Waals surface area contributed by atoms with Gasteiger partial charge in [0.05, 0.1) is 18.9 Å². The van der Waals surface area contributed by atoms with E-state index in [0.717, 1.165) is 4.57 Å². The predicted molar refractivity (Wildman–Crippen MR) is 91.5 cm³/mol. The molecular formula is C13H15F2N4O10P. The first-order chi connectivity index (χ1) is 13.9. The predicted octanol–water partition coefficient (Wildman–Crippen LogP) is -2.36. The van der Waals surface area contributed by atoms with Crippen LogP contribution >= 0.6 is 7.82 Å². The molecule has 30 heavy (non-hydrogen) atoms. The van der Waals surface area contributed by atoms with E-state index in [0.29, 0.717) is 12.4 Å². The monoisotopic (exact) mass is 456 g/mol. The van der Waals surface area contributed by atoms with Gasteiger partial charge < -0.3 is 24.6 Å². The molecule has 1 aliphatic rings. The normalized spacial score (nSPS) is 21.2. The quantitative estimate of drug-likeness (QED) is 0.269. The van der Waals surface area contributed by atoms with E-state index in [1.54, 1.807) is 9.97 Å². The van der Waals surface area contributed by atoms with Crippen LogP contribution in [0.4, 0.5) is 8.78 Å². The van der Waals surface area contributed by atoms with E-state index in [1.807, 2.05) is 4.98 Å². The number of phosphoric acid groups is 1. The van der Waals surface area contributed by atoms with Crippen molar-refractivity contribution in [1.29, 1.82) is 0 Å². The molecule has 166 valence electrons. The maximum atomic E-state index is 13.2. The first kappa shape index (κ1) is 23.5. The van der Waals surface area contributed by atoms with Crippen LogP contribution in [-0.2, 0) is 13.8 Å². The van der Waals surface area contributed by atoms with Crippen LogP contribution in [0.3, 0.4) is 0 Å². The first-order valence-corrected chi connectivity index (χ1v) is 9.42. The fraction of sp³-hybridized carbons (Fsp3) is 0.385. The van der Waals surface area contributed by atoms with E-state index < -0.39 is 67.0 Å². The fourth-order valence-electron chi connectivity index (χ4n) is 2.27. The summed E-state index contributed by atoms with van der Waals surface area (Å²) in [5, 5.41) is 9.69. The summed E-state index contributed by atoms with van der Waals surface area (Å²) in [5.41, 5.74) is -3.83. The number of aromatic nitrogens is 4. The van der Waals surface area contributed by atoms with Crippen LogP contribution < -0.4 is 22.5 Å². The molecule has 0 spiro atoms. The summed E-state index contributed by atoms with van der Waals surface area (Å²) in [4.78, 5) is 65.3. The second-order valence-electron chi connectivity index (χ2n) is 5.78. The van der Waals surface area contributed by atoms with E-state index in [1.165, 1.54) is 0 Å². The average Bonchev–Trinajstić information content (AvgIpc) is 3.00. The minimum atomic E-state index is -4.73. The second kappa shape index (κ2) is 9.38. The van der Waals surface area contributed by atoms with Crippen molar-refractivity contribution in [3.05, 3.63) is 65.7 Å². The molecule has 3 heterocycles. The van der Waals surface area contributed by atoms with Crippen LogP contribution in [0.1, 0.15) is 12.6 Å². The lowest BCUT2D eigenvalue weighted by molar-refractivity contribution is -0.0453. The Hall–Kier alpha value is -2.75. The Balaban J connectivity index is 0.000000297. The maximum absolute atomic E-state index is 13.2. The van der Waals surface area contributed by atoms with Crippen LogP contribution in [0, 0.1) is 11.6 Å². The van der Waals surface area contributed by atoms with Gasteiger partial charge in [0.15, 0.2) is 0 Å². The molecule has 1 fully saturated rings. The zero-order valence-electron chi connectivity index (χ0n) is 14.7. The topological polar surface area (TPSA) is 217 Å². The summed E-state index contributed by atoms with van der Waals surface area (Å²) < 4.78 is 45.8. The number of H-pyrrole nitrogens is 3. The molecule has 2 aromatic rings. The van der Waals surface area contributed by atoms with Gasteiger partial charge >= 0.3 is 19.2 Å². The molecule has 1 saturated heterocycles. The zero-order chi connectivity index (χ0) is 22.6. The van der Waals surface area contributed by atoms with Gasteiger partial charge in [0, 0.05) is 12.6 Å². The van der Waals surface area contributed by atoms with Crippen LogP contribution in [0.5, 0.6) is 0 Å². The summed E-state index contributed by atoms with van der Waals surface area (Å²) >= 11 is 0. The zero-order valence-corrected chi connectivity index (χ0v) is 15.5. The Labute approximate surface area is 163 Å². The van der Waals surface area contributed by atoms with Crippen LogP contribution in [-0.4, -0.2) is 53.2 Å². The SMILES string of the molecule is O=c1[nH]c(=O)n([C@H]2C[C@H](O)[C@@H](COP(=O)(O)O)O2)cc1F.O=c1[nH]cc(F)c(=O)[nH]1. The molecule has 0 aromatic carbocycles. The van der Waals surface area contributed by atoms with Crippen LogP contribution in [0.15, 0.2) is 31.6 Å². The van der Waals surface area contributed by atoms with Crippen molar-refractivity contribution >= 4 is 7.82 Å². The number of aliphatic hydroxyl groups is 1. The number of rotatable bonds is 4. The van der Waals surface area contributed by atoms with E-state index >= 15 is 0 Å². The van der Waals surface area contributed by atoms with E-state index in [9.17, 15) is 37.6 Å². The molecule has 0 radical (unpaired) electrons. The van der Waals surface area contributed by atoms with Gasteiger partial charge in [-0.15, -0.1) is 0 Å². The van der Waals surface area contributed by atoms with Crippen molar-refractivity contribution in [3.63, 3.8) is 0 Å². The molecule has 6 N–H and O–H groups in total. The lowest BCUT2D eigenvalue weighted by atomic mass is 10.2. The highest BCUT2D eigenvalue weighted by molar-refractivity contribution is 7.46. The highest BCUT2D eigenvalue weighted by Crippen LogP contribution is 2.38.